The van der Waals surface area contributed by atoms with Crippen LogP contribution in [0.2, 0.25) is 0 Å². The normalized spacial score (nSPS) is 11.0. The lowest BCUT2D eigenvalue weighted by Gasteiger charge is -2.09. The third-order valence-corrected chi connectivity index (χ3v) is 3.92. The molecule has 0 unspecified atom stereocenters. The van der Waals surface area contributed by atoms with Crippen molar-refractivity contribution in [2.75, 3.05) is 5.32 Å². The zero-order chi connectivity index (χ0) is 16.7. The maximum Gasteiger partial charge on any atom is 0.352 e. The molecule has 6 heteroatoms. The molecule has 0 bridgehead atoms. The molecule has 0 atom stereocenters. The van der Waals surface area contributed by atoms with Gasteiger partial charge in [0.1, 0.15) is 5.69 Å². The molecular formula is C18H14N4O2. The summed E-state index contributed by atoms with van der Waals surface area (Å²) in [6.45, 7) is 2.02. The molecular weight excluding hydrogens is 304 g/mol. The highest BCUT2D eigenvalue weighted by atomic mass is 16.4. The first-order chi connectivity index (χ1) is 11.6. The molecule has 0 aliphatic carbocycles. The Bertz CT molecular complexity index is 1070. The van der Waals surface area contributed by atoms with Crippen molar-refractivity contribution in [2.24, 2.45) is 0 Å². The highest BCUT2D eigenvalue weighted by molar-refractivity contribution is 6.11. The highest BCUT2D eigenvalue weighted by Crippen LogP contribution is 2.31. The van der Waals surface area contributed by atoms with Crippen molar-refractivity contribution in [1.29, 1.82) is 0 Å². The molecule has 0 fully saturated rings. The molecule has 0 spiro atoms. The minimum Gasteiger partial charge on any atom is -0.477 e. The number of anilines is 2. The van der Waals surface area contributed by atoms with Gasteiger partial charge in [-0.2, -0.15) is 0 Å². The van der Waals surface area contributed by atoms with Gasteiger partial charge in [0.15, 0.2) is 5.82 Å². The number of carbonyl (C=O) groups is 1. The zero-order valence-corrected chi connectivity index (χ0v) is 12.9. The number of aryl methyl sites for hydroxylation is 1. The Kier molecular flexibility index (Phi) is 3.16. The van der Waals surface area contributed by atoms with Crippen molar-refractivity contribution in [2.45, 2.75) is 6.92 Å². The first-order valence-corrected chi connectivity index (χ1v) is 7.45. The van der Waals surface area contributed by atoms with Crippen LogP contribution in [0.5, 0.6) is 0 Å². The van der Waals surface area contributed by atoms with Crippen molar-refractivity contribution < 1.29 is 9.90 Å². The number of aromatic amines is 1. The second-order valence-electron chi connectivity index (χ2n) is 5.62. The number of aromatic nitrogens is 3. The van der Waals surface area contributed by atoms with E-state index >= 15 is 0 Å². The summed E-state index contributed by atoms with van der Waals surface area (Å²) in [5.74, 6) is -0.434. The van der Waals surface area contributed by atoms with Crippen LogP contribution in [0.15, 0.2) is 48.8 Å². The minimum atomic E-state index is -1.00. The smallest absolute Gasteiger partial charge is 0.352 e. The lowest BCUT2D eigenvalue weighted by Crippen LogP contribution is -1.97. The number of carboxylic acids is 1. The van der Waals surface area contributed by atoms with Gasteiger partial charge in [0.05, 0.1) is 17.2 Å². The summed E-state index contributed by atoms with van der Waals surface area (Å²) >= 11 is 0. The van der Waals surface area contributed by atoms with Gasteiger partial charge in [0.25, 0.3) is 0 Å². The highest BCUT2D eigenvalue weighted by Gasteiger charge is 2.15. The van der Waals surface area contributed by atoms with Crippen LogP contribution in [-0.4, -0.2) is 26.0 Å². The zero-order valence-electron chi connectivity index (χ0n) is 12.9. The predicted octanol–water partition coefficient (Wildman–Crippen LogP) is 3.86. The molecule has 118 valence electrons. The number of carboxylic acid groups (broad SMARTS) is 1. The van der Waals surface area contributed by atoms with Crippen molar-refractivity contribution >= 4 is 39.3 Å². The second kappa shape index (κ2) is 5.34. The summed E-state index contributed by atoms with van der Waals surface area (Å²) < 4.78 is 0. The fourth-order valence-corrected chi connectivity index (χ4v) is 2.71. The number of fused-ring (bicyclic) bond motifs is 3. The van der Waals surface area contributed by atoms with Gasteiger partial charge in [-0.15, -0.1) is 0 Å². The Morgan fingerprint density at radius 1 is 1.17 bits per heavy atom. The van der Waals surface area contributed by atoms with Crippen LogP contribution in [0.4, 0.5) is 11.5 Å². The number of pyridine rings is 2. The van der Waals surface area contributed by atoms with Gasteiger partial charge in [0, 0.05) is 22.7 Å². The van der Waals surface area contributed by atoms with E-state index in [9.17, 15) is 9.90 Å². The molecule has 0 aliphatic rings. The van der Waals surface area contributed by atoms with E-state index in [2.05, 4.69) is 20.3 Å². The number of hydrogen-bond acceptors (Lipinski definition) is 4. The van der Waals surface area contributed by atoms with E-state index in [0.29, 0.717) is 16.9 Å². The number of benzene rings is 1. The average Bonchev–Trinajstić information content (AvgIpc) is 3.03. The standard InChI is InChI=1S/C18H14N4O2/c1-10-2-4-11(5-3-10)20-17-16-13(8-14(21-16)18(23)24)12-6-7-19-9-15(12)22-17/h2-9,21H,1H3,(H,20,22)(H,23,24). The van der Waals surface area contributed by atoms with Gasteiger partial charge in [-0.25, -0.2) is 9.78 Å². The summed E-state index contributed by atoms with van der Waals surface area (Å²) in [5.41, 5.74) is 3.53. The SMILES string of the molecule is Cc1ccc(Nc2nc3cnccc3c3cc(C(=O)O)[nH]c23)cc1. The van der Waals surface area contributed by atoms with E-state index in [1.807, 2.05) is 37.3 Å². The maximum atomic E-state index is 11.3. The maximum absolute atomic E-state index is 11.3. The van der Waals surface area contributed by atoms with Crippen molar-refractivity contribution in [3.8, 4) is 0 Å². The lowest BCUT2D eigenvalue weighted by molar-refractivity contribution is 0.0691. The number of aromatic carboxylic acids is 1. The first kappa shape index (κ1) is 14.2. The molecule has 4 aromatic rings. The van der Waals surface area contributed by atoms with Crippen LogP contribution in [0, 0.1) is 6.92 Å². The predicted molar refractivity (Wildman–Crippen MR) is 92.8 cm³/mol. The van der Waals surface area contributed by atoms with E-state index in [4.69, 9.17) is 0 Å². The third-order valence-electron chi connectivity index (χ3n) is 3.92. The largest absolute Gasteiger partial charge is 0.477 e. The second-order valence-corrected chi connectivity index (χ2v) is 5.62. The summed E-state index contributed by atoms with van der Waals surface area (Å²) in [5, 5.41) is 14.2. The summed E-state index contributed by atoms with van der Waals surface area (Å²) in [7, 11) is 0. The third kappa shape index (κ3) is 2.34. The molecule has 4 rings (SSSR count). The summed E-state index contributed by atoms with van der Waals surface area (Å²) in [4.78, 5) is 23.0. The molecule has 0 saturated heterocycles. The van der Waals surface area contributed by atoms with E-state index in [0.717, 1.165) is 22.0 Å². The van der Waals surface area contributed by atoms with Gasteiger partial charge in [0.2, 0.25) is 0 Å². The molecule has 6 nitrogen and oxygen atoms in total. The van der Waals surface area contributed by atoms with Crippen LogP contribution < -0.4 is 5.32 Å². The Balaban J connectivity index is 1.94. The fourth-order valence-electron chi connectivity index (χ4n) is 2.71. The number of nitrogens with zero attached hydrogens (tertiary/aromatic N) is 2. The lowest BCUT2D eigenvalue weighted by atomic mass is 10.1. The van der Waals surface area contributed by atoms with Gasteiger partial charge in [-0.1, -0.05) is 17.7 Å². The van der Waals surface area contributed by atoms with E-state index in [-0.39, 0.29) is 5.69 Å². The Labute approximate surface area is 137 Å². The first-order valence-electron chi connectivity index (χ1n) is 7.45. The van der Waals surface area contributed by atoms with Gasteiger partial charge in [-0.3, -0.25) is 4.98 Å². The molecule has 1 aromatic carbocycles. The Morgan fingerprint density at radius 2 is 1.96 bits per heavy atom. The molecule has 0 aliphatic heterocycles. The van der Waals surface area contributed by atoms with Crippen molar-refractivity contribution in [3.05, 3.63) is 60.0 Å². The minimum absolute atomic E-state index is 0.128. The molecule has 3 aromatic heterocycles. The fraction of sp³-hybridized carbons (Fsp3) is 0.0556. The van der Waals surface area contributed by atoms with Crippen LogP contribution in [0.25, 0.3) is 21.8 Å². The monoisotopic (exact) mass is 318 g/mol. The molecule has 0 radical (unpaired) electrons. The molecule has 24 heavy (non-hydrogen) atoms. The topological polar surface area (TPSA) is 90.9 Å². The number of hydrogen-bond donors (Lipinski definition) is 3. The number of H-pyrrole nitrogens is 1. The quantitative estimate of drug-likeness (QED) is 0.533. The number of nitrogens with one attached hydrogen (secondary N) is 2. The van der Waals surface area contributed by atoms with Crippen molar-refractivity contribution in [3.63, 3.8) is 0 Å². The van der Waals surface area contributed by atoms with E-state index in [1.165, 1.54) is 0 Å². The van der Waals surface area contributed by atoms with Gasteiger partial charge in [-0.05, 0) is 31.2 Å². The van der Waals surface area contributed by atoms with Crippen LogP contribution in [0.1, 0.15) is 16.1 Å². The molecule has 0 amide bonds. The van der Waals surface area contributed by atoms with Crippen LogP contribution in [-0.2, 0) is 0 Å². The Hall–Kier alpha value is -3.41. The van der Waals surface area contributed by atoms with Gasteiger partial charge >= 0.3 is 5.97 Å². The van der Waals surface area contributed by atoms with Crippen molar-refractivity contribution in [1.82, 2.24) is 15.0 Å². The number of rotatable bonds is 3. The summed E-state index contributed by atoms with van der Waals surface area (Å²) in [6, 6.07) is 11.4. The van der Waals surface area contributed by atoms with Gasteiger partial charge < -0.3 is 15.4 Å². The summed E-state index contributed by atoms with van der Waals surface area (Å²) in [6.07, 6.45) is 3.34. The molecule has 3 heterocycles. The van der Waals surface area contributed by atoms with Crippen LogP contribution in [0.3, 0.4) is 0 Å². The van der Waals surface area contributed by atoms with E-state index < -0.39 is 5.97 Å². The van der Waals surface area contributed by atoms with E-state index in [1.54, 1.807) is 18.5 Å². The molecule has 3 N–H and O–H groups in total. The Morgan fingerprint density at radius 3 is 2.71 bits per heavy atom. The average molecular weight is 318 g/mol. The molecule has 0 saturated carbocycles. The van der Waals surface area contributed by atoms with Crippen LogP contribution >= 0.6 is 0 Å².